The van der Waals surface area contributed by atoms with Crippen LogP contribution in [0.25, 0.3) is 0 Å². The molecule has 0 saturated heterocycles. The molecule has 0 atom stereocenters. The fourth-order valence-electron chi connectivity index (χ4n) is 2.16. The Morgan fingerprint density at radius 3 is 0.824 bits per heavy atom. The van der Waals surface area contributed by atoms with Crippen LogP contribution in [-0.4, -0.2) is 138 Å². The number of alkyl halides is 1. The van der Waals surface area contributed by atoms with E-state index in [0.717, 1.165) is 0 Å². The molecule has 0 aliphatic rings. The number of esters is 1. The van der Waals surface area contributed by atoms with Gasteiger partial charge in [0, 0.05) is 6.92 Å². The highest BCUT2D eigenvalue weighted by Gasteiger charge is 1.96. The molecule has 0 saturated carbocycles. The third kappa shape index (κ3) is 31.0. The van der Waals surface area contributed by atoms with Gasteiger partial charge in [0.2, 0.25) is 0 Å². The fraction of sp³-hybridized carbons (Fsp3) is 0.955. The van der Waals surface area contributed by atoms with Crippen molar-refractivity contribution in [2.75, 3.05) is 132 Å². The van der Waals surface area contributed by atoms with E-state index in [1.165, 1.54) is 6.92 Å². The van der Waals surface area contributed by atoms with E-state index in [-0.39, 0.29) is 19.2 Å². The van der Waals surface area contributed by atoms with E-state index < -0.39 is 6.67 Å². The molecule has 12 heteroatoms. The predicted octanol–water partition coefficient (Wildman–Crippen LogP) is 0.668. The number of rotatable bonds is 29. The van der Waals surface area contributed by atoms with Crippen LogP contribution in [0.5, 0.6) is 0 Å². The van der Waals surface area contributed by atoms with Crippen LogP contribution in [0.4, 0.5) is 4.39 Å². The molecule has 0 radical (unpaired) electrons. The van der Waals surface area contributed by atoms with Crippen LogP contribution in [0, 0.1) is 0 Å². The number of hydrogen-bond acceptors (Lipinski definition) is 11. The molecular weight excluding hydrogens is 459 g/mol. The predicted molar refractivity (Wildman–Crippen MR) is 120 cm³/mol. The molecule has 34 heavy (non-hydrogen) atoms. The van der Waals surface area contributed by atoms with Crippen LogP contribution in [0.1, 0.15) is 6.92 Å². The molecular formula is C22H43FO11. The van der Waals surface area contributed by atoms with Crippen LogP contribution in [-0.2, 0) is 52.2 Å². The second kappa shape index (κ2) is 30.1. The zero-order chi connectivity index (χ0) is 24.8. The molecule has 0 rings (SSSR count). The second-order valence-electron chi connectivity index (χ2n) is 6.54. The van der Waals surface area contributed by atoms with Gasteiger partial charge in [0.25, 0.3) is 0 Å². The zero-order valence-corrected chi connectivity index (χ0v) is 20.5. The first-order valence-corrected chi connectivity index (χ1v) is 11.7. The molecule has 0 aliphatic carbocycles. The Labute approximate surface area is 202 Å². The average Bonchev–Trinajstić information content (AvgIpc) is 2.83. The lowest BCUT2D eigenvalue weighted by molar-refractivity contribution is -0.142. The van der Waals surface area contributed by atoms with Gasteiger partial charge in [-0.15, -0.1) is 0 Å². The molecule has 0 aliphatic heterocycles. The molecule has 11 nitrogen and oxygen atoms in total. The van der Waals surface area contributed by atoms with Crippen molar-refractivity contribution < 1.29 is 56.6 Å². The SMILES string of the molecule is CC(=O)OCCOCCOCCOCCOCCOCCOCCOCCOCCOCCF. The van der Waals surface area contributed by atoms with Crippen molar-refractivity contribution in [2.24, 2.45) is 0 Å². The molecule has 204 valence electrons. The minimum atomic E-state index is -0.475. The molecule has 0 unspecified atom stereocenters. The van der Waals surface area contributed by atoms with Crippen molar-refractivity contribution in [1.82, 2.24) is 0 Å². The first-order valence-electron chi connectivity index (χ1n) is 11.7. The summed E-state index contributed by atoms with van der Waals surface area (Å²) in [5, 5.41) is 0. The average molecular weight is 503 g/mol. The van der Waals surface area contributed by atoms with Crippen LogP contribution < -0.4 is 0 Å². The second-order valence-corrected chi connectivity index (χ2v) is 6.54. The maximum Gasteiger partial charge on any atom is 0.302 e. The Morgan fingerprint density at radius 1 is 0.412 bits per heavy atom. The molecule has 0 aromatic rings. The monoisotopic (exact) mass is 502 g/mol. The van der Waals surface area contributed by atoms with Gasteiger partial charge in [0.05, 0.1) is 119 Å². The van der Waals surface area contributed by atoms with Gasteiger partial charge in [-0.1, -0.05) is 0 Å². The van der Waals surface area contributed by atoms with Crippen LogP contribution >= 0.6 is 0 Å². The quantitative estimate of drug-likeness (QED) is 0.106. The van der Waals surface area contributed by atoms with Gasteiger partial charge in [0.15, 0.2) is 0 Å². The molecule has 0 N–H and O–H groups in total. The summed E-state index contributed by atoms with van der Waals surface area (Å²) < 4.78 is 64.2. The van der Waals surface area contributed by atoms with E-state index in [1.807, 2.05) is 0 Å². The lowest BCUT2D eigenvalue weighted by Crippen LogP contribution is -2.15. The van der Waals surface area contributed by atoms with Gasteiger partial charge >= 0.3 is 5.97 Å². The van der Waals surface area contributed by atoms with Gasteiger partial charge in [-0.2, -0.15) is 0 Å². The largest absolute Gasteiger partial charge is 0.463 e. The van der Waals surface area contributed by atoms with E-state index in [1.54, 1.807) is 0 Å². The van der Waals surface area contributed by atoms with E-state index in [2.05, 4.69) is 0 Å². The standard InChI is InChI=1S/C22H43FO11/c1-22(24)34-21-20-33-19-18-32-17-16-31-15-14-30-13-12-29-11-10-28-9-8-27-7-6-26-5-4-25-3-2-23/h2-21H2,1H3. The lowest BCUT2D eigenvalue weighted by atomic mass is 10.6. The number of ether oxygens (including phenoxy) is 10. The topological polar surface area (TPSA) is 109 Å². The Kier molecular flexibility index (Phi) is 29.2. The number of carbonyl (C=O) groups is 1. The Balaban J connectivity index is 3.01. The third-order valence-electron chi connectivity index (χ3n) is 3.73. The molecule has 0 aromatic heterocycles. The highest BCUT2D eigenvalue weighted by molar-refractivity contribution is 5.65. The zero-order valence-electron chi connectivity index (χ0n) is 20.5. The van der Waals surface area contributed by atoms with E-state index >= 15 is 0 Å². The van der Waals surface area contributed by atoms with Crippen molar-refractivity contribution >= 4 is 5.97 Å². The maximum absolute atomic E-state index is 11.8. The van der Waals surface area contributed by atoms with Gasteiger partial charge in [-0.05, 0) is 0 Å². The van der Waals surface area contributed by atoms with E-state index in [9.17, 15) is 9.18 Å². The molecule has 0 amide bonds. The van der Waals surface area contributed by atoms with Crippen molar-refractivity contribution in [1.29, 1.82) is 0 Å². The maximum atomic E-state index is 11.8. The molecule has 0 fully saturated rings. The fourth-order valence-corrected chi connectivity index (χ4v) is 2.16. The van der Waals surface area contributed by atoms with Crippen LogP contribution in [0.2, 0.25) is 0 Å². The summed E-state index contributed by atoms with van der Waals surface area (Å²) in [5.74, 6) is -0.313. The van der Waals surface area contributed by atoms with Crippen LogP contribution in [0.3, 0.4) is 0 Å². The summed E-state index contributed by atoms with van der Waals surface area (Å²) in [4.78, 5) is 10.5. The summed E-state index contributed by atoms with van der Waals surface area (Å²) in [7, 11) is 0. The first kappa shape index (κ1) is 33.0. The van der Waals surface area contributed by atoms with Crippen molar-refractivity contribution in [3.05, 3.63) is 0 Å². The smallest absolute Gasteiger partial charge is 0.302 e. The minimum absolute atomic E-state index is 0.112. The Morgan fingerprint density at radius 2 is 0.618 bits per heavy atom. The summed E-state index contributed by atoms with van der Waals surface area (Å²) in [6.45, 7) is 9.19. The van der Waals surface area contributed by atoms with Crippen molar-refractivity contribution in [2.45, 2.75) is 6.92 Å². The first-order chi connectivity index (χ1) is 16.8. The minimum Gasteiger partial charge on any atom is -0.463 e. The number of hydrogen-bond donors (Lipinski definition) is 0. The Hall–Kier alpha value is -0.960. The van der Waals surface area contributed by atoms with Gasteiger partial charge in [0.1, 0.15) is 13.3 Å². The van der Waals surface area contributed by atoms with E-state index in [4.69, 9.17) is 47.4 Å². The number of carbonyl (C=O) groups excluding carboxylic acids is 1. The van der Waals surface area contributed by atoms with Crippen LogP contribution in [0.15, 0.2) is 0 Å². The summed E-state index contributed by atoms with van der Waals surface area (Å²) in [6, 6.07) is 0. The van der Waals surface area contributed by atoms with E-state index in [0.29, 0.717) is 112 Å². The number of halogens is 1. The third-order valence-corrected chi connectivity index (χ3v) is 3.73. The normalized spacial score (nSPS) is 11.2. The highest BCUT2D eigenvalue weighted by Crippen LogP contribution is 1.86. The Bertz CT molecular complexity index is 405. The van der Waals surface area contributed by atoms with Crippen molar-refractivity contribution in [3.8, 4) is 0 Å². The summed E-state index contributed by atoms with van der Waals surface area (Å²) in [6.07, 6.45) is 0. The molecule has 0 bridgehead atoms. The molecule has 0 spiro atoms. The summed E-state index contributed by atoms with van der Waals surface area (Å²) >= 11 is 0. The lowest BCUT2D eigenvalue weighted by Gasteiger charge is -2.08. The van der Waals surface area contributed by atoms with Crippen molar-refractivity contribution in [3.63, 3.8) is 0 Å². The highest BCUT2D eigenvalue weighted by atomic mass is 19.1. The molecule has 0 aromatic carbocycles. The molecule has 0 heterocycles. The summed E-state index contributed by atoms with van der Waals surface area (Å²) in [5.41, 5.74) is 0. The van der Waals surface area contributed by atoms with Gasteiger partial charge in [-0.25, -0.2) is 4.39 Å². The van der Waals surface area contributed by atoms with Gasteiger partial charge < -0.3 is 47.4 Å². The van der Waals surface area contributed by atoms with Gasteiger partial charge in [-0.3, -0.25) is 4.79 Å².